The first-order chi connectivity index (χ1) is 11.6. The van der Waals surface area contributed by atoms with E-state index in [9.17, 15) is 0 Å². The Labute approximate surface area is 168 Å². The third kappa shape index (κ3) is 6.53. The number of hydrogen-bond donors (Lipinski definition) is 1. The largest absolute Gasteiger partial charge is 0.362 e. The van der Waals surface area contributed by atoms with Crippen molar-refractivity contribution in [1.29, 1.82) is 0 Å². The lowest BCUT2D eigenvalue weighted by atomic mass is 10.2. The highest BCUT2D eigenvalue weighted by Crippen LogP contribution is 2.15. The first-order valence-corrected chi connectivity index (χ1v) is 8.26. The standard InChI is InChI=1S/C19H27N5.HI/c1-5-20-19(24(4)15-16-10-7-6-8-11-16)22-14-17-12-9-13-21-18(17)23(2)3;/h6-13H,5,14-15H2,1-4H3,(H,20,22);1H. The number of hydrogen-bond acceptors (Lipinski definition) is 3. The molecular weight excluding hydrogens is 425 g/mol. The molecule has 0 aliphatic heterocycles. The number of pyridine rings is 1. The first-order valence-electron chi connectivity index (χ1n) is 8.26. The average molecular weight is 453 g/mol. The third-order valence-corrected chi connectivity index (χ3v) is 3.65. The van der Waals surface area contributed by atoms with Crippen LogP contribution in [-0.2, 0) is 13.1 Å². The molecule has 2 rings (SSSR count). The molecule has 0 atom stereocenters. The summed E-state index contributed by atoms with van der Waals surface area (Å²) in [7, 11) is 6.06. The molecule has 0 unspecified atom stereocenters. The van der Waals surface area contributed by atoms with Gasteiger partial charge in [0.05, 0.1) is 6.54 Å². The van der Waals surface area contributed by atoms with Gasteiger partial charge in [-0.15, -0.1) is 24.0 Å². The minimum absolute atomic E-state index is 0. The summed E-state index contributed by atoms with van der Waals surface area (Å²) in [5.41, 5.74) is 2.38. The van der Waals surface area contributed by atoms with Crippen LogP contribution in [-0.4, -0.2) is 43.5 Å². The Morgan fingerprint density at radius 1 is 1.08 bits per heavy atom. The van der Waals surface area contributed by atoms with E-state index in [1.807, 2.05) is 37.3 Å². The predicted octanol–water partition coefficient (Wildman–Crippen LogP) is 3.36. The SMILES string of the molecule is CCNC(=NCc1cccnc1N(C)C)N(C)Cc1ccccc1.I. The maximum absolute atomic E-state index is 4.79. The van der Waals surface area contributed by atoms with Crippen molar-refractivity contribution in [1.82, 2.24) is 15.2 Å². The minimum Gasteiger partial charge on any atom is -0.362 e. The van der Waals surface area contributed by atoms with Gasteiger partial charge in [-0.25, -0.2) is 9.98 Å². The summed E-state index contributed by atoms with van der Waals surface area (Å²) in [6, 6.07) is 14.5. The third-order valence-electron chi connectivity index (χ3n) is 3.65. The lowest BCUT2D eigenvalue weighted by Crippen LogP contribution is -2.38. The van der Waals surface area contributed by atoms with Crippen molar-refractivity contribution in [2.24, 2.45) is 4.99 Å². The van der Waals surface area contributed by atoms with E-state index in [0.717, 1.165) is 30.4 Å². The molecule has 0 spiro atoms. The predicted molar refractivity (Wildman–Crippen MR) is 117 cm³/mol. The van der Waals surface area contributed by atoms with Crippen LogP contribution in [0.15, 0.2) is 53.7 Å². The Morgan fingerprint density at radius 3 is 2.44 bits per heavy atom. The summed E-state index contributed by atoms with van der Waals surface area (Å²) in [4.78, 5) is 13.4. The number of benzene rings is 1. The van der Waals surface area contributed by atoms with Crippen molar-refractivity contribution in [2.75, 3.05) is 32.6 Å². The number of aliphatic imine (C=N–C) groups is 1. The molecule has 0 amide bonds. The summed E-state index contributed by atoms with van der Waals surface area (Å²) in [5, 5.41) is 3.36. The zero-order valence-electron chi connectivity index (χ0n) is 15.4. The highest BCUT2D eigenvalue weighted by atomic mass is 127. The molecule has 1 heterocycles. The van der Waals surface area contributed by atoms with E-state index < -0.39 is 0 Å². The van der Waals surface area contributed by atoms with Crippen LogP contribution in [0.2, 0.25) is 0 Å². The van der Waals surface area contributed by atoms with Crippen molar-refractivity contribution >= 4 is 35.8 Å². The normalized spacial score (nSPS) is 10.8. The topological polar surface area (TPSA) is 43.8 Å². The summed E-state index contributed by atoms with van der Waals surface area (Å²) >= 11 is 0. The molecule has 0 bridgehead atoms. The van der Waals surface area contributed by atoms with Crippen LogP contribution in [0.3, 0.4) is 0 Å². The van der Waals surface area contributed by atoms with Gasteiger partial charge in [0.15, 0.2) is 5.96 Å². The van der Waals surface area contributed by atoms with Gasteiger partial charge in [-0.2, -0.15) is 0 Å². The second-order valence-electron chi connectivity index (χ2n) is 5.89. The van der Waals surface area contributed by atoms with Crippen LogP contribution in [0.25, 0.3) is 0 Å². The van der Waals surface area contributed by atoms with Gasteiger partial charge in [-0.3, -0.25) is 0 Å². The van der Waals surface area contributed by atoms with Gasteiger partial charge in [0.25, 0.3) is 0 Å². The summed E-state index contributed by atoms with van der Waals surface area (Å²) in [6.07, 6.45) is 1.81. The Morgan fingerprint density at radius 2 is 1.80 bits per heavy atom. The van der Waals surface area contributed by atoms with Crippen molar-refractivity contribution in [3.8, 4) is 0 Å². The highest BCUT2D eigenvalue weighted by molar-refractivity contribution is 14.0. The fourth-order valence-electron chi connectivity index (χ4n) is 2.52. The number of nitrogens with zero attached hydrogens (tertiary/aromatic N) is 4. The van der Waals surface area contributed by atoms with Crippen LogP contribution >= 0.6 is 24.0 Å². The van der Waals surface area contributed by atoms with Crippen LogP contribution < -0.4 is 10.2 Å². The molecule has 0 aliphatic rings. The smallest absolute Gasteiger partial charge is 0.194 e. The molecule has 25 heavy (non-hydrogen) atoms. The Kier molecular flexibility index (Phi) is 9.26. The number of aromatic nitrogens is 1. The molecular formula is C19H28IN5. The fraction of sp³-hybridized carbons (Fsp3) is 0.368. The molecule has 5 nitrogen and oxygen atoms in total. The van der Waals surface area contributed by atoms with E-state index in [1.165, 1.54) is 5.56 Å². The second kappa shape index (κ2) is 10.9. The van der Waals surface area contributed by atoms with Crippen molar-refractivity contribution < 1.29 is 0 Å². The van der Waals surface area contributed by atoms with Gasteiger partial charge < -0.3 is 15.1 Å². The second-order valence-corrected chi connectivity index (χ2v) is 5.89. The summed E-state index contributed by atoms with van der Waals surface area (Å²) in [5.74, 6) is 1.86. The lowest BCUT2D eigenvalue weighted by molar-refractivity contribution is 0.477. The quantitative estimate of drug-likeness (QED) is 0.414. The van der Waals surface area contributed by atoms with E-state index in [2.05, 4.69) is 59.5 Å². The Balaban J connectivity index is 0.00000312. The van der Waals surface area contributed by atoms with Crippen molar-refractivity contribution in [3.63, 3.8) is 0 Å². The number of guanidine groups is 1. The molecule has 1 aromatic carbocycles. The van der Waals surface area contributed by atoms with Crippen LogP contribution in [0.4, 0.5) is 5.82 Å². The molecule has 0 fully saturated rings. The van der Waals surface area contributed by atoms with Crippen molar-refractivity contribution in [3.05, 3.63) is 59.8 Å². The van der Waals surface area contributed by atoms with Crippen LogP contribution in [0.1, 0.15) is 18.1 Å². The molecule has 0 saturated heterocycles. The molecule has 2 aromatic rings. The first kappa shape index (κ1) is 21.2. The van der Waals surface area contributed by atoms with Crippen molar-refractivity contribution in [2.45, 2.75) is 20.0 Å². The maximum Gasteiger partial charge on any atom is 0.194 e. The molecule has 136 valence electrons. The van der Waals surface area contributed by atoms with Crippen LogP contribution in [0, 0.1) is 0 Å². The maximum atomic E-state index is 4.79. The number of halogens is 1. The van der Waals surface area contributed by atoms with Gasteiger partial charge in [-0.1, -0.05) is 36.4 Å². The lowest BCUT2D eigenvalue weighted by Gasteiger charge is -2.22. The molecule has 1 N–H and O–H groups in total. The van der Waals surface area contributed by atoms with Gasteiger partial charge >= 0.3 is 0 Å². The summed E-state index contributed by atoms with van der Waals surface area (Å²) in [6.45, 7) is 4.34. The van der Waals surface area contributed by atoms with Gasteiger partial charge in [0, 0.05) is 46.0 Å². The van der Waals surface area contributed by atoms with Gasteiger partial charge in [-0.05, 0) is 18.6 Å². The van der Waals surface area contributed by atoms with Gasteiger partial charge in [0.2, 0.25) is 0 Å². The van der Waals surface area contributed by atoms with E-state index in [4.69, 9.17) is 4.99 Å². The Bertz CT molecular complexity index is 658. The van der Waals surface area contributed by atoms with E-state index in [-0.39, 0.29) is 24.0 Å². The zero-order chi connectivity index (χ0) is 17.4. The Hall–Kier alpha value is -1.83. The zero-order valence-corrected chi connectivity index (χ0v) is 17.8. The van der Waals surface area contributed by atoms with E-state index >= 15 is 0 Å². The molecule has 0 saturated carbocycles. The summed E-state index contributed by atoms with van der Waals surface area (Å²) < 4.78 is 0. The van der Waals surface area contributed by atoms with E-state index in [1.54, 1.807) is 0 Å². The average Bonchev–Trinajstić information content (AvgIpc) is 2.59. The molecule has 6 heteroatoms. The highest BCUT2D eigenvalue weighted by Gasteiger charge is 2.08. The molecule has 1 aromatic heterocycles. The molecule has 0 radical (unpaired) electrons. The monoisotopic (exact) mass is 453 g/mol. The number of rotatable bonds is 6. The minimum atomic E-state index is 0. The molecule has 0 aliphatic carbocycles. The van der Waals surface area contributed by atoms with Crippen LogP contribution in [0.5, 0.6) is 0 Å². The number of nitrogens with one attached hydrogen (secondary N) is 1. The van der Waals surface area contributed by atoms with Gasteiger partial charge in [0.1, 0.15) is 5.82 Å². The number of anilines is 1. The van der Waals surface area contributed by atoms with E-state index in [0.29, 0.717) is 6.54 Å². The fourth-order valence-corrected chi connectivity index (χ4v) is 2.52.